The Labute approximate surface area is 240 Å². The molecule has 0 unspecified atom stereocenters. The van der Waals surface area contributed by atoms with E-state index in [-0.39, 0.29) is 28.1 Å². The number of aryl methyl sites for hydroxylation is 3. The number of fused-ring (bicyclic) bond motifs is 1. The summed E-state index contributed by atoms with van der Waals surface area (Å²) in [5.74, 6) is 0.474. The van der Waals surface area contributed by atoms with Crippen LogP contribution in [0.3, 0.4) is 0 Å². The molecule has 2 aliphatic rings. The van der Waals surface area contributed by atoms with Gasteiger partial charge in [-0.1, -0.05) is 59.1 Å². The molecule has 0 aromatic heterocycles. The van der Waals surface area contributed by atoms with E-state index in [9.17, 15) is 4.79 Å². The number of amidine groups is 2. The Kier molecular flexibility index (Phi) is 7.79. The Morgan fingerprint density at radius 3 is 2.33 bits per heavy atom. The lowest BCUT2D eigenvalue weighted by molar-refractivity contribution is -0.114. The summed E-state index contributed by atoms with van der Waals surface area (Å²) in [6, 6.07) is 17.0. The lowest BCUT2D eigenvalue weighted by Crippen LogP contribution is -2.35. The Morgan fingerprint density at radius 2 is 1.64 bits per heavy atom. The van der Waals surface area contributed by atoms with Gasteiger partial charge in [0.25, 0.3) is 5.91 Å². The summed E-state index contributed by atoms with van der Waals surface area (Å²) < 4.78 is 11.5. The first kappa shape index (κ1) is 27.0. The van der Waals surface area contributed by atoms with Crippen LogP contribution in [0.15, 0.2) is 70.3 Å². The highest BCUT2D eigenvalue weighted by atomic mass is 35.5. The second kappa shape index (κ2) is 11.3. The molecule has 0 atom stereocenters. The van der Waals surface area contributed by atoms with E-state index >= 15 is 0 Å². The molecule has 3 aromatic carbocycles. The number of thioether (sulfide) groups is 1. The lowest BCUT2D eigenvalue weighted by Gasteiger charge is -2.20. The highest BCUT2D eigenvalue weighted by Crippen LogP contribution is 2.36. The molecule has 7 nitrogen and oxygen atoms in total. The summed E-state index contributed by atoms with van der Waals surface area (Å²) >= 11 is 14.2. The number of rotatable bonds is 7. The normalized spacial score (nSPS) is 15.8. The molecule has 5 rings (SSSR count). The minimum atomic E-state index is -0.532. The maximum Gasteiger partial charge on any atom is 0.283 e. The van der Waals surface area contributed by atoms with Gasteiger partial charge in [-0.25, -0.2) is 0 Å². The third-order valence-corrected chi connectivity index (χ3v) is 7.68. The summed E-state index contributed by atoms with van der Waals surface area (Å²) in [6.07, 6.45) is 1.53. The van der Waals surface area contributed by atoms with Crippen LogP contribution in [-0.2, 0) is 4.79 Å². The number of halogens is 2. The van der Waals surface area contributed by atoms with E-state index in [1.54, 1.807) is 12.1 Å². The number of amides is 1. The number of nitrogens with one attached hydrogen (secondary N) is 1. The first-order valence-electron chi connectivity index (χ1n) is 12.1. The van der Waals surface area contributed by atoms with Crippen molar-refractivity contribution >= 4 is 63.0 Å². The predicted octanol–water partition coefficient (Wildman–Crippen LogP) is 7.04. The molecule has 0 aliphatic carbocycles. The van der Waals surface area contributed by atoms with Gasteiger partial charge in [0.2, 0.25) is 5.17 Å². The van der Waals surface area contributed by atoms with Gasteiger partial charge in [-0.3, -0.25) is 10.2 Å². The van der Waals surface area contributed by atoms with Gasteiger partial charge in [-0.2, -0.15) is 15.1 Å². The number of nitrogens with zero attached hydrogens (tertiary/aromatic N) is 3. The van der Waals surface area contributed by atoms with E-state index < -0.39 is 5.91 Å². The van der Waals surface area contributed by atoms with E-state index in [4.69, 9.17) is 38.1 Å². The lowest BCUT2D eigenvalue weighted by atomic mass is 10.1. The quantitative estimate of drug-likeness (QED) is 0.240. The number of aliphatic imine (C=N–C) groups is 1. The molecular formula is C29H24Cl2N4O3S. The van der Waals surface area contributed by atoms with Crippen LogP contribution in [0, 0.1) is 26.2 Å². The molecule has 0 spiro atoms. The number of hydrogen-bond acceptors (Lipinski definition) is 6. The number of hydrogen-bond donors (Lipinski definition) is 1. The fraction of sp³-hybridized carbons (Fsp3) is 0.172. The summed E-state index contributed by atoms with van der Waals surface area (Å²) in [7, 11) is 0. The minimum absolute atomic E-state index is 0.0734. The molecule has 0 fully saturated rings. The Balaban J connectivity index is 1.28. The third-order valence-electron chi connectivity index (χ3n) is 6.16. The van der Waals surface area contributed by atoms with Gasteiger partial charge in [0.15, 0.2) is 11.6 Å². The third kappa shape index (κ3) is 5.88. The Morgan fingerprint density at radius 1 is 0.949 bits per heavy atom. The van der Waals surface area contributed by atoms with Crippen molar-refractivity contribution in [2.75, 3.05) is 13.2 Å². The van der Waals surface area contributed by atoms with Gasteiger partial charge in [0.05, 0.1) is 15.6 Å². The molecule has 198 valence electrons. The number of hydrazone groups is 1. The fourth-order valence-corrected chi connectivity index (χ4v) is 5.39. The van der Waals surface area contributed by atoms with Crippen LogP contribution in [0.1, 0.15) is 27.8 Å². The number of benzene rings is 3. The second-order valence-corrected chi connectivity index (χ2v) is 10.8. The molecule has 0 bridgehead atoms. The molecular weight excluding hydrogens is 555 g/mol. The van der Waals surface area contributed by atoms with E-state index in [0.717, 1.165) is 22.4 Å². The standard InChI is InChI=1S/C29H24Cl2N4O3S/c1-16-4-7-20(8-5-16)28-34-35-26(32)22(27(36)33-29(35)39-28)13-19-14-23(30)25(24(31)15-19)38-11-10-37-21-9-6-17(2)18(3)12-21/h4-9,12-15,32H,10-11H2,1-3H3/b22-13-,32-26?. The van der Waals surface area contributed by atoms with Gasteiger partial charge in [0.1, 0.15) is 24.0 Å². The molecule has 3 aromatic rings. The molecule has 2 aliphatic heterocycles. The van der Waals surface area contributed by atoms with Gasteiger partial charge < -0.3 is 9.47 Å². The van der Waals surface area contributed by atoms with E-state index in [0.29, 0.717) is 28.1 Å². The summed E-state index contributed by atoms with van der Waals surface area (Å²) in [5.41, 5.74) is 4.98. The van der Waals surface area contributed by atoms with Crippen LogP contribution in [0.5, 0.6) is 11.5 Å². The smallest absolute Gasteiger partial charge is 0.283 e. The molecule has 0 saturated carbocycles. The van der Waals surface area contributed by atoms with Crippen molar-refractivity contribution in [3.63, 3.8) is 0 Å². The van der Waals surface area contributed by atoms with Crippen molar-refractivity contribution in [1.29, 1.82) is 5.41 Å². The van der Waals surface area contributed by atoms with Gasteiger partial charge in [0, 0.05) is 5.56 Å². The van der Waals surface area contributed by atoms with Crippen molar-refractivity contribution < 1.29 is 14.3 Å². The highest BCUT2D eigenvalue weighted by Gasteiger charge is 2.36. The molecule has 1 N–H and O–H groups in total. The molecule has 1 amide bonds. The van der Waals surface area contributed by atoms with Crippen molar-refractivity contribution in [3.8, 4) is 11.5 Å². The highest BCUT2D eigenvalue weighted by molar-refractivity contribution is 8.27. The zero-order chi connectivity index (χ0) is 27.7. The molecule has 2 heterocycles. The Bertz CT molecular complexity index is 1560. The molecule has 39 heavy (non-hydrogen) atoms. The summed E-state index contributed by atoms with van der Waals surface area (Å²) in [5, 5.41) is 16.1. The number of carbonyl (C=O) groups excluding carboxylic acids is 1. The zero-order valence-electron chi connectivity index (χ0n) is 21.4. The zero-order valence-corrected chi connectivity index (χ0v) is 23.7. The van der Waals surface area contributed by atoms with Crippen LogP contribution in [0.25, 0.3) is 6.08 Å². The first-order valence-corrected chi connectivity index (χ1v) is 13.7. The summed E-state index contributed by atoms with van der Waals surface area (Å²) in [6.45, 7) is 6.63. The Hall–Kier alpha value is -3.59. The van der Waals surface area contributed by atoms with E-state index in [1.165, 1.54) is 28.4 Å². The van der Waals surface area contributed by atoms with E-state index in [1.807, 2.05) is 63.2 Å². The topological polar surface area (TPSA) is 87.3 Å². The average Bonchev–Trinajstić information content (AvgIpc) is 3.32. The maximum absolute atomic E-state index is 12.8. The molecule has 10 heteroatoms. The first-order chi connectivity index (χ1) is 18.7. The second-order valence-electron chi connectivity index (χ2n) is 9.05. The molecule has 0 radical (unpaired) electrons. The van der Waals surface area contributed by atoms with Gasteiger partial charge in [-0.15, -0.1) is 0 Å². The fourth-order valence-electron chi connectivity index (χ4n) is 3.88. The van der Waals surface area contributed by atoms with Crippen molar-refractivity contribution in [1.82, 2.24) is 5.01 Å². The van der Waals surface area contributed by atoms with Crippen molar-refractivity contribution in [2.45, 2.75) is 20.8 Å². The minimum Gasteiger partial charge on any atom is -0.490 e. The van der Waals surface area contributed by atoms with Crippen molar-refractivity contribution in [3.05, 3.63) is 98.0 Å². The largest absolute Gasteiger partial charge is 0.490 e. The van der Waals surface area contributed by atoms with Gasteiger partial charge >= 0.3 is 0 Å². The average molecular weight is 580 g/mol. The SMILES string of the molecule is Cc1ccc(C2=NN3C(=N)/C(=C/c4cc(Cl)c(OCCOc5ccc(C)c(C)c5)c(Cl)c4)C(=O)N=C3S2)cc1. The predicted molar refractivity (Wildman–Crippen MR) is 159 cm³/mol. The van der Waals surface area contributed by atoms with Crippen LogP contribution in [-0.4, -0.2) is 40.2 Å². The number of carbonyl (C=O) groups is 1. The number of ether oxygens (including phenoxy) is 2. The monoisotopic (exact) mass is 578 g/mol. The van der Waals surface area contributed by atoms with Gasteiger partial charge in [-0.05, 0) is 79.6 Å². The maximum atomic E-state index is 12.8. The van der Waals surface area contributed by atoms with Crippen LogP contribution in [0.2, 0.25) is 10.0 Å². The van der Waals surface area contributed by atoms with Crippen LogP contribution in [0.4, 0.5) is 0 Å². The van der Waals surface area contributed by atoms with Crippen LogP contribution >= 0.6 is 35.0 Å². The van der Waals surface area contributed by atoms with E-state index in [2.05, 4.69) is 10.1 Å². The molecule has 0 saturated heterocycles. The summed E-state index contributed by atoms with van der Waals surface area (Å²) in [4.78, 5) is 17.0. The van der Waals surface area contributed by atoms with Crippen LogP contribution < -0.4 is 9.47 Å². The van der Waals surface area contributed by atoms with Crippen molar-refractivity contribution in [2.24, 2.45) is 10.1 Å².